The van der Waals surface area contributed by atoms with E-state index in [2.05, 4.69) is 24.5 Å². The standard InChI is InChI=1S/C7H12N2/c1-3-4-5-7-6-9(7)8-2/h4-6,8H,3H2,1-2H3/b5-4-. The highest BCUT2D eigenvalue weighted by atomic mass is 15.5. The summed E-state index contributed by atoms with van der Waals surface area (Å²) in [5.74, 6) is 0. The molecule has 0 atom stereocenters. The number of nitrogens with zero attached hydrogens (tertiary/aromatic N) is 1. The van der Waals surface area contributed by atoms with Crippen molar-refractivity contribution in [1.82, 2.24) is 10.4 Å². The summed E-state index contributed by atoms with van der Waals surface area (Å²) in [6, 6.07) is 0. The van der Waals surface area contributed by atoms with Crippen LogP contribution in [0, 0.1) is 0 Å². The van der Waals surface area contributed by atoms with E-state index in [1.54, 1.807) is 0 Å². The molecule has 9 heavy (non-hydrogen) atoms. The van der Waals surface area contributed by atoms with Gasteiger partial charge >= 0.3 is 0 Å². The van der Waals surface area contributed by atoms with Crippen molar-refractivity contribution >= 4 is 0 Å². The van der Waals surface area contributed by atoms with Crippen molar-refractivity contribution < 1.29 is 0 Å². The third-order valence-corrected chi connectivity index (χ3v) is 1.24. The summed E-state index contributed by atoms with van der Waals surface area (Å²) in [5, 5.41) is 1.98. The van der Waals surface area contributed by atoms with Gasteiger partial charge in [-0.05, 0) is 12.5 Å². The Hall–Kier alpha value is -0.760. The third kappa shape index (κ3) is 1.57. The Morgan fingerprint density at radius 1 is 1.78 bits per heavy atom. The van der Waals surface area contributed by atoms with Crippen LogP contribution in [0.25, 0.3) is 0 Å². The first kappa shape index (κ1) is 6.36. The molecule has 50 valence electrons. The lowest BCUT2D eigenvalue weighted by Crippen LogP contribution is -2.14. The summed E-state index contributed by atoms with van der Waals surface area (Å²) in [6.07, 6.45) is 7.40. The highest BCUT2D eigenvalue weighted by molar-refractivity contribution is 5.29. The van der Waals surface area contributed by atoms with Crippen molar-refractivity contribution in [3.8, 4) is 0 Å². The van der Waals surface area contributed by atoms with E-state index in [4.69, 9.17) is 0 Å². The largest absolute Gasteiger partial charge is 0.281 e. The molecular weight excluding hydrogens is 112 g/mol. The molecule has 2 nitrogen and oxygen atoms in total. The van der Waals surface area contributed by atoms with Crippen LogP contribution < -0.4 is 5.43 Å². The predicted octanol–water partition coefficient (Wildman–Crippen LogP) is 1.24. The summed E-state index contributed by atoms with van der Waals surface area (Å²) < 4.78 is 0. The molecule has 0 saturated carbocycles. The second-order valence-electron chi connectivity index (χ2n) is 1.96. The molecule has 0 spiro atoms. The minimum absolute atomic E-state index is 1.11. The van der Waals surface area contributed by atoms with Gasteiger partial charge in [-0.2, -0.15) is 0 Å². The van der Waals surface area contributed by atoms with Crippen molar-refractivity contribution in [2.24, 2.45) is 0 Å². The molecule has 0 aromatic carbocycles. The lowest BCUT2D eigenvalue weighted by molar-refractivity contribution is 0.479. The summed E-state index contributed by atoms with van der Waals surface area (Å²) >= 11 is 0. The average molecular weight is 124 g/mol. The highest BCUT2D eigenvalue weighted by Crippen LogP contribution is 2.17. The number of allylic oxidation sites excluding steroid dienone is 2. The highest BCUT2D eigenvalue weighted by Gasteiger charge is 2.13. The molecule has 0 radical (unpaired) electrons. The molecule has 0 aromatic rings. The minimum Gasteiger partial charge on any atom is -0.281 e. The van der Waals surface area contributed by atoms with Crippen LogP contribution in [0.1, 0.15) is 13.3 Å². The molecule has 0 fully saturated rings. The monoisotopic (exact) mass is 124 g/mol. The Labute approximate surface area is 55.8 Å². The molecule has 0 aliphatic carbocycles. The van der Waals surface area contributed by atoms with Gasteiger partial charge in [-0.1, -0.05) is 13.0 Å². The molecule has 1 aliphatic heterocycles. The third-order valence-electron chi connectivity index (χ3n) is 1.24. The zero-order chi connectivity index (χ0) is 6.69. The second-order valence-corrected chi connectivity index (χ2v) is 1.96. The van der Waals surface area contributed by atoms with Gasteiger partial charge in [0.2, 0.25) is 0 Å². The van der Waals surface area contributed by atoms with Crippen LogP contribution in [0.3, 0.4) is 0 Å². The van der Waals surface area contributed by atoms with Crippen LogP contribution in [0.15, 0.2) is 24.0 Å². The maximum Gasteiger partial charge on any atom is 0.0746 e. The van der Waals surface area contributed by atoms with Crippen LogP contribution in [0.2, 0.25) is 0 Å². The number of hydrogen-bond acceptors (Lipinski definition) is 2. The SMILES string of the molecule is CC/C=C\C1=CN1NC. The molecule has 0 aromatic heterocycles. The van der Waals surface area contributed by atoms with Gasteiger partial charge in [0.25, 0.3) is 0 Å². The molecule has 0 amide bonds. The molecular formula is C7H12N2. The van der Waals surface area contributed by atoms with Crippen LogP contribution in [-0.2, 0) is 0 Å². The Morgan fingerprint density at radius 2 is 2.56 bits per heavy atom. The zero-order valence-corrected chi connectivity index (χ0v) is 5.89. The van der Waals surface area contributed by atoms with E-state index in [0.717, 1.165) is 6.42 Å². The molecule has 1 N–H and O–H groups in total. The first-order chi connectivity index (χ1) is 4.38. The lowest BCUT2D eigenvalue weighted by Gasteiger charge is -1.97. The van der Waals surface area contributed by atoms with Crippen LogP contribution >= 0.6 is 0 Å². The number of hydrazine groups is 1. The minimum atomic E-state index is 1.11. The average Bonchev–Trinajstić information content (AvgIpc) is 2.62. The van der Waals surface area contributed by atoms with Crippen molar-refractivity contribution in [2.45, 2.75) is 13.3 Å². The predicted molar refractivity (Wildman–Crippen MR) is 38.4 cm³/mol. The number of rotatable bonds is 3. The fraction of sp³-hybridized carbons (Fsp3) is 0.429. The molecule has 1 aliphatic rings. The maximum atomic E-state index is 2.99. The first-order valence-corrected chi connectivity index (χ1v) is 3.23. The molecule has 1 heterocycles. The summed E-state index contributed by atoms with van der Waals surface area (Å²) in [7, 11) is 1.91. The molecule has 1 rings (SSSR count). The Balaban J connectivity index is 2.18. The molecule has 0 saturated heterocycles. The van der Waals surface area contributed by atoms with Crippen molar-refractivity contribution in [3.63, 3.8) is 0 Å². The van der Waals surface area contributed by atoms with Crippen LogP contribution in [-0.4, -0.2) is 12.1 Å². The molecule has 2 heteroatoms. The Bertz CT molecular complexity index is 147. The quantitative estimate of drug-likeness (QED) is 0.609. The van der Waals surface area contributed by atoms with E-state index < -0.39 is 0 Å². The summed E-state index contributed by atoms with van der Waals surface area (Å²) in [5.41, 5.74) is 4.25. The fourth-order valence-electron chi connectivity index (χ4n) is 0.659. The van der Waals surface area contributed by atoms with Gasteiger partial charge in [0.05, 0.1) is 5.70 Å². The Kier molecular flexibility index (Phi) is 1.90. The second kappa shape index (κ2) is 2.69. The van der Waals surface area contributed by atoms with Gasteiger partial charge in [-0.15, -0.1) is 0 Å². The van der Waals surface area contributed by atoms with E-state index in [-0.39, 0.29) is 0 Å². The number of hydrogen-bond donors (Lipinski definition) is 1. The molecule has 0 unspecified atom stereocenters. The topological polar surface area (TPSA) is 15.0 Å². The Morgan fingerprint density at radius 3 is 3.00 bits per heavy atom. The van der Waals surface area contributed by atoms with E-state index in [1.807, 2.05) is 18.3 Å². The smallest absolute Gasteiger partial charge is 0.0746 e. The van der Waals surface area contributed by atoms with Crippen molar-refractivity contribution in [3.05, 3.63) is 24.0 Å². The van der Waals surface area contributed by atoms with Gasteiger partial charge in [0.1, 0.15) is 0 Å². The lowest BCUT2D eigenvalue weighted by atomic mass is 10.4. The van der Waals surface area contributed by atoms with Gasteiger partial charge < -0.3 is 0 Å². The van der Waals surface area contributed by atoms with Gasteiger partial charge in [0, 0.05) is 13.2 Å². The van der Waals surface area contributed by atoms with Crippen molar-refractivity contribution in [2.75, 3.05) is 7.05 Å². The zero-order valence-electron chi connectivity index (χ0n) is 5.89. The van der Waals surface area contributed by atoms with E-state index >= 15 is 0 Å². The van der Waals surface area contributed by atoms with Crippen LogP contribution in [0.4, 0.5) is 0 Å². The summed E-state index contributed by atoms with van der Waals surface area (Å²) in [6.45, 7) is 2.13. The first-order valence-electron chi connectivity index (χ1n) is 3.23. The van der Waals surface area contributed by atoms with E-state index in [9.17, 15) is 0 Å². The van der Waals surface area contributed by atoms with Crippen LogP contribution in [0.5, 0.6) is 0 Å². The van der Waals surface area contributed by atoms with Gasteiger partial charge in [-0.3, -0.25) is 5.01 Å². The van der Waals surface area contributed by atoms with E-state index in [1.165, 1.54) is 5.70 Å². The normalized spacial score (nSPS) is 16.7. The maximum absolute atomic E-state index is 2.99. The fourth-order valence-corrected chi connectivity index (χ4v) is 0.659. The number of nitrogens with one attached hydrogen (secondary N) is 1. The summed E-state index contributed by atoms with van der Waals surface area (Å²) in [4.78, 5) is 0. The van der Waals surface area contributed by atoms with E-state index in [0.29, 0.717) is 0 Å². The molecule has 0 bridgehead atoms. The van der Waals surface area contributed by atoms with Crippen molar-refractivity contribution in [1.29, 1.82) is 0 Å². The van der Waals surface area contributed by atoms with Gasteiger partial charge in [0.15, 0.2) is 0 Å². The van der Waals surface area contributed by atoms with Gasteiger partial charge in [-0.25, -0.2) is 5.43 Å².